The molecule has 1 aromatic carbocycles. The SMILES string of the molecule is CC(NC(=O)c1cn[nH]n1)c1cccc(C#CCCO)c1. The van der Waals surface area contributed by atoms with E-state index in [0.29, 0.717) is 6.42 Å². The topological polar surface area (TPSA) is 90.9 Å². The van der Waals surface area contributed by atoms with Gasteiger partial charge in [-0.05, 0) is 24.6 Å². The number of carbonyl (C=O) groups is 1. The molecule has 3 N–H and O–H groups in total. The number of amides is 1. The Morgan fingerprint density at radius 1 is 1.52 bits per heavy atom. The second-order valence-corrected chi connectivity index (χ2v) is 4.45. The molecule has 1 unspecified atom stereocenters. The third kappa shape index (κ3) is 4.16. The number of aromatic nitrogens is 3. The van der Waals surface area contributed by atoms with Crippen LogP contribution in [0.4, 0.5) is 0 Å². The quantitative estimate of drug-likeness (QED) is 0.731. The number of H-pyrrole nitrogens is 1. The van der Waals surface area contributed by atoms with Gasteiger partial charge in [0, 0.05) is 12.0 Å². The van der Waals surface area contributed by atoms with E-state index in [-0.39, 0.29) is 24.2 Å². The Morgan fingerprint density at radius 3 is 3.10 bits per heavy atom. The van der Waals surface area contributed by atoms with Crippen LogP contribution < -0.4 is 5.32 Å². The van der Waals surface area contributed by atoms with Crippen molar-refractivity contribution in [3.8, 4) is 11.8 Å². The molecular weight excluding hydrogens is 268 g/mol. The van der Waals surface area contributed by atoms with E-state index in [1.54, 1.807) is 0 Å². The zero-order valence-corrected chi connectivity index (χ0v) is 11.6. The Morgan fingerprint density at radius 2 is 2.38 bits per heavy atom. The van der Waals surface area contributed by atoms with E-state index < -0.39 is 0 Å². The molecule has 6 nitrogen and oxygen atoms in total. The van der Waals surface area contributed by atoms with Gasteiger partial charge < -0.3 is 10.4 Å². The molecule has 6 heteroatoms. The molecule has 2 rings (SSSR count). The summed E-state index contributed by atoms with van der Waals surface area (Å²) in [6.45, 7) is 1.94. The second kappa shape index (κ2) is 7.22. The van der Waals surface area contributed by atoms with Crippen molar-refractivity contribution >= 4 is 5.91 Å². The van der Waals surface area contributed by atoms with Gasteiger partial charge in [-0.2, -0.15) is 15.4 Å². The summed E-state index contributed by atoms with van der Waals surface area (Å²) in [6, 6.07) is 7.44. The molecular formula is C15H16N4O2. The Labute approximate surface area is 122 Å². The van der Waals surface area contributed by atoms with Crippen LogP contribution in [-0.2, 0) is 0 Å². The van der Waals surface area contributed by atoms with Gasteiger partial charge >= 0.3 is 0 Å². The molecule has 108 valence electrons. The van der Waals surface area contributed by atoms with Gasteiger partial charge in [0.15, 0.2) is 5.69 Å². The Bertz CT molecular complexity index is 656. The lowest BCUT2D eigenvalue weighted by Crippen LogP contribution is -2.27. The molecule has 2 aromatic rings. The van der Waals surface area contributed by atoms with Gasteiger partial charge in [0.25, 0.3) is 5.91 Å². The minimum absolute atomic E-state index is 0.0524. The van der Waals surface area contributed by atoms with E-state index in [1.165, 1.54) is 6.20 Å². The molecule has 0 spiro atoms. The number of aromatic amines is 1. The lowest BCUT2D eigenvalue weighted by molar-refractivity contribution is 0.0935. The zero-order valence-electron chi connectivity index (χ0n) is 11.6. The summed E-state index contributed by atoms with van der Waals surface area (Å²) in [6.07, 6.45) is 1.82. The van der Waals surface area contributed by atoms with Gasteiger partial charge in [0.1, 0.15) is 0 Å². The molecule has 0 saturated heterocycles. The first kappa shape index (κ1) is 14.8. The van der Waals surface area contributed by atoms with Crippen LogP contribution in [0.2, 0.25) is 0 Å². The maximum Gasteiger partial charge on any atom is 0.273 e. The monoisotopic (exact) mass is 284 g/mol. The molecule has 21 heavy (non-hydrogen) atoms. The molecule has 1 amide bonds. The van der Waals surface area contributed by atoms with Crippen molar-refractivity contribution < 1.29 is 9.90 Å². The van der Waals surface area contributed by atoms with E-state index in [9.17, 15) is 4.79 Å². The number of aliphatic hydroxyl groups is 1. The van der Waals surface area contributed by atoms with Crippen molar-refractivity contribution in [3.63, 3.8) is 0 Å². The van der Waals surface area contributed by atoms with Crippen LogP contribution >= 0.6 is 0 Å². The van der Waals surface area contributed by atoms with Gasteiger partial charge in [0.2, 0.25) is 0 Å². The fourth-order valence-electron chi connectivity index (χ4n) is 1.77. The number of aliphatic hydroxyl groups excluding tert-OH is 1. The van der Waals surface area contributed by atoms with Crippen LogP contribution in [0.5, 0.6) is 0 Å². The van der Waals surface area contributed by atoms with Gasteiger partial charge in [-0.15, -0.1) is 0 Å². The molecule has 1 heterocycles. The van der Waals surface area contributed by atoms with E-state index in [0.717, 1.165) is 11.1 Å². The van der Waals surface area contributed by atoms with Crippen molar-refractivity contribution in [2.45, 2.75) is 19.4 Å². The van der Waals surface area contributed by atoms with Crippen LogP contribution in [0, 0.1) is 11.8 Å². The standard InChI is InChI=1S/C15H16N4O2/c1-11(17-15(21)14-10-16-19-18-14)13-7-4-6-12(9-13)5-2-3-8-20/h4,6-7,9-11,20H,3,8H2,1H3,(H,17,21)(H,16,18,19). The molecule has 0 saturated carbocycles. The van der Waals surface area contributed by atoms with Crippen molar-refractivity contribution in [1.29, 1.82) is 0 Å². The number of carbonyl (C=O) groups excluding carboxylic acids is 1. The molecule has 0 aliphatic heterocycles. The predicted octanol–water partition coefficient (Wildman–Crippen LogP) is 1.03. The largest absolute Gasteiger partial charge is 0.395 e. The van der Waals surface area contributed by atoms with E-state index in [2.05, 4.69) is 32.6 Å². The minimum Gasteiger partial charge on any atom is -0.395 e. The Kier molecular flexibility index (Phi) is 5.07. The summed E-state index contributed by atoms with van der Waals surface area (Å²) in [5.74, 6) is 5.56. The third-order valence-corrected chi connectivity index (χ3v) is 2.85. The average Bonchev–Trinajstić information content (AvgIpc) is 3.02. The van der Waals surface area contributed by atoms with Crippen molar-refractivity contribution in [1.82, 2.24) is 20.7 Å². The fourth-order valence-corrected chi connectivity index (χ4v) is 1.77. The van der Waals surface area contributed by atoms with Gasteiger partial charge in [-0.3, -0.25) is 4.79 Å². The molecule has 1 atom stereocenters. The first-order valence-corrected chi connectivity index (χ1v) is 6.57. The molecule has 1 aromatic heterocycles. The van der Waals surface area contributed by atoms with Crippen LogP contribution in [0.15, 0.2) is 30.5 Å². The van der Waals surface area contributed by atoms with Crippen LogP contribution in [0.25, 0.3) is 0 Å². The number of benzene rings is 1. The zero-order chi connectivity index (χ0) is 15.1. The Balaban J connectivity index is 2.06. The molecule has 0 bridgehead atoms. The van der Waals surface area contributed by atoms with Gasteiger partial charge in [-0.25, -0.2) is 0 Å². The summed E-state index contributed by atoms with van der Waals surface area (Å²) in [5.41, 5.74) is 2.05. The maximum absolute atomic E-state index is 11.9. The number of hydrogen-bond donors (Lipinski definition) is 3. The average molecular weight is 284 g/mol. The van der Waals surface area contributed by atoms with Gasteiger partial charge in [0.05, 0.1) is 18.8 Å². The smallest absolute Gasteiger partial charge is 0.273 e. The summed E-state index contributed by atoms with van der Waals surface area (Å²) < 4.78 is 0. The van der Waals surface area contributed by atoms with E-state index in [1.807, 2.05) is 31.2 Å². The molecule has 0 aliphatic rings. The van der Waals surface area contributed by atoms with Crippen molar-refractivity contribution in [2.24, 2.45) is 0 Å². The predicted molar refractivity (Wildman–Crippen MR) is 77.3 cm³/mol. The minimum atomic E-state index is -0.284. The first-order valence-electron chi connectivity index (χ1n) is 6.57. The normalized spacial score (nSPS) is 11.3. The lowest BCUT2D eigenvalue weighted by Gasteiger charge is -2.13. The third-order valence-electron chi connectivity index (χ3n) is 2.85. The molecule has 0 aliphatic carbocycles. The van der Waals surface area contributed by atoms with Crippen molar-refractivity contribution in [2.75, 3.05) is 6.61 Å². The second-order valence-electron chi connectivity index (χ2n) is 4.45. The summed E-state index contributed by atoms with van der Waals surface area (Å²) >= 11 is 0. The number of nitrogens with one attached hydrogen (secondary N) is 2. The highest BCUT2D eigenvalue weighted by Gasteiger charge is 2.13. The summed E-state index contributed by atoms with van der Waals surface area (Å²) in [5, 5.41) is 21.3. The maximum atomic E-state index is 11.9. The van der Waals surface area contributed by atoms with E-state index in [4.69, 9.17) is 5.11 Å². The summed E-state index contributed by atoms with van der Waals surface area (Å²) in [4.78, 5) is 11.9. The van der Waals surface area contributed by atoms with E-state index >= 15 is 0 Å². The molecule has 0 fully saturated rings. The van der Waals surface area contributed by atoms with Crippen LogP contribution in [-0.4, -0.2) is 33.0 Å². The van der Waals surface area contributed by atoms with Crippen molar-refractivity contribution in [3.05, 3.63) is 47.3 Å². The number of nitrogens with zero attached hydrogens (tertiary/aromatic N) is 2. The number of hydrogen-bond acceptors (Lipinski definition) is 4. The highest BCUT2D eigenvalue weighted by molar-refractivity contribution is 5.92. The first-order chi connectivity index (χ1) is 10.2. The van der Waals surface area contributed by atoms with Crippen LogP contribution in [0.3, 0.4) is 0 Å². The Hall–Kier alpha value is -2.65. The lowest BCUT2D eigenvalue weighted by atomic mass is 10.1. The highest BCUT2D eigenvalue weighted by atomic mass is 16.2. The summed E-state index contributed by atoms with van der Waals surface area (Å²) in [7, 11) is 0. The number of rotatable bonds is 4. The fraction of sp³-hybridized carbons (Fsp3) is 0.267. The highest BCUT2D eigenvalue weighted by Crippen LogP contribution is 2.14. The van der Waals surface area contributed by atoms with Crippen LogP contribution in [0.1, 0.15) is 41.0 Å². The van der Waals surface area contributed by atoms with Gasteiger partial charge in [-0.1, -0.05) is 24.0 Å². The molecule has 0 radical (unpaired) electrons.